The zero-order valence-electron chi connectivity index (χ0n) is 11.2. The molecule has 0 aliphatic heterocycles. The zero-order chi connectivity index (χ0) is 14.3. The summed E-state index contributed by atoms with van der Waals surface area (Å²) in [6, 6.07) is 6.49. The Labute approximate surface area is 112 Å². The van der Waals surface area contributed by atoms with Crippen molar-refractivity contribution in [2.45, 2.75) is 32.8 Å². The molecule has 1 aromatic carbocycles. The quantitative estimate of drug-likeness (QED) is 0.771. The lowest BCUT2D eigenvalue weighted by Gasteiger charge is -2.07. The number of esters is 1. The molecule has 1 atom stereocenters. The summed E-state index contributed by atoms with van der Waals surface area (Å²) in [6.45, 7) is 3.72. The number of hydrogen-bond acceptors (Lipinski definition) is 4. The van der Waals surface area contributed by atoms with Gasteiger partial charge in [-0.1, -0.05) is 0 Å². The lowest BCUT2D eigenvalue weighted by Crippen LogP contribution is -2.14. The molecule has 0 fully saturated rings. The van der Waals surface area contributed by atoms with Gasteiger partial charge in [0.05, 0.1) is 18.3 Å². The molecule has 0 radical (unpaired) electrons. The number of rotatable bonds is 6. The molecule has 19 heavy (non-hydrogen) atoms. The SMILES string of the molecule is CCOC(=O)c1ccc(NC(=O)CCC(C)O)cc1. The fourth-order valence-electron chi connectivity index (χ4n) is 1.47. The van der Waals surface area contributed by atoms with Gasteiger partial charge in [-0.25, -0.2) is 4.79 Å². The van der Waals surface area contributed by atoms with Crippen molar-refractivity contribution in [3.05, 3.63) is 29.8 Å². The Morgan fingerprint density at radius 2 is 1.95 bits per heavy atom. The van der Waals surface area contributed by atoms with Gasteiger partial charge in [-0.2, -0.15) is 0 Å². The van der Waals surface area contributed by atoms with Crippen LogP contribution in [0.15, 0.2) is 24.3 Å². The van der Waals surface area contributed by atoms with E-state index in [0.29, 0.717) is 24.3 Å². The molecule has 5 nitrogen and oxygen atoms in total. The Morgan fingerprint density at radius 1 is 1.32 bits per heavy atom. The first-order valence-corrected chi connectivity index (χ1v) is 6.28. The molecule has 0 aliphatic rings. The molecule has 1 unspecified atom stereocenters. The third kappa shape index (κ3) is 5.52. The lowest BCUT2D eigenvalue weighted by atomic mass is 10.2. The van der Waals surface area contributed by atoms with E-state index in [2.05, 4.69) is 5.32 Å². The highest BCUT2D eigenvalue weighted by molar-refractivity contribution is 5.93. The molecular weight excluding hydrogens is 246 g/mol. The van der Waals surface area contributed by atoms with Crippen molar-refractivity contribution in [2.24, 2.45) is 0 Å². The fraction of sp³-hybridized carbons (Fsp3) is 0.429. The van der Waals surface area contributed by atoms with Crippen LogP contribution in [0.25, 0.3) is 0 Å². The molecule has 104 valence electrons. The van der Waals surface area contributed by atoms with Crippen molar-refractivity contribution < 1.29 is 19.4 Å². The maximum absolute atomic E-state index is 11.5. The highest BCUT2D eigenvalue weighted by Crippen LogP contribution is 2.11. The third-order valence-corrected chi connectivity index (χ3v) is 2.47. The van der Waals surface area contributed by atoms with Crippen LogP contribution in [0.3, 0.4) is 0 Å². The van der Waals surface area contributed by atoms with E-state index in [1.807, 2.05) is 0 Å². The average molecular weight is 265 g/mol. The molecule has 2 N–H and O–H groups in total. The minimum absolute atomic E-state index is 0.162. The number of anilines is 1. The van der Waals surface area contributed by atoms with E-state index in [1.54, 1.807) is 38.1 Å². The predicted octanol–water partition coefficient (Wildman–Crippen LogP) is 1.96. The second-order valence-electron chi connectivity index (χ2n) is 4.23. The Morgan fingerprint density at radius 3 is 2.47 bits per heavy atom. The highest BCUT2D eigenvalue weighted by Gasteiger charge is 2.07. The van der Waals surface area contributed by atoms with Crippen molar-refractivity contribution in [3.63, 3.8) is 0 Å². The van der Waals surface area contributed by atoms with Gasteiger partial charge in [0.1, 0.15) is 0 Å². The monoisotopic (exact) mass is 265 g/mol. The predicted molar refractivity (Wildman–Crippen MR) is 71.9 cm³/mol. The second kappa shape index (κ2) is 7.53. The fourth-order valence-corrected chi connectivity index (χ4v) is 1.47. The van der Waals surface area contributed by atoms with Gasteiger partial charge >= 0.3 is 5.97 Å². The largest absolute Gasteiger partial charge is 0.462 e. The van der Waals surface area contributed by atoms with Crippen molar-refractivity contribution in [2.75, 3.05) is 11.9 Å². The van der Waals surface area contributed by atoms with E-state index in [0.717, 1.165) is 0 Å². The first kappa shape index (κ1) is 15.2. The summed E-state index contributed by atoms with van der Waals surface area (Å²) >= 11 is 0. The highest BCUT2D eigenvalue weighted by atomic mass is 16.5. The van der Waals surface area contributed by atoms with Crippen LogP contribution in [0.1, 0.15) is 37.0 Å². The maximum Gasteiger partial charge on any atom is 0.338 e. The van der Waals surface area contributed by atoms with E-state index in [-0.39, 0.29) is 18.3 Å². The summed E-state index contributed by atoms with van der Waals surface area (Å²) in [5.41, 5.74) is 1.06. The molecule has 0 bridgehead atoms. The number of hydrogen-bond donors (Lipinski definition) is 2. The van der Waals surface area contributed by atoms with E-state index in [4.69, 9.17) is 9.84 Å². The summed E-state index contributed by atoms with van der Waals surface area (Å²) < 4.78 is 4.86. The van der Waals surface area contributed by atoms with Crippen LogP contribution in [0.4, 0.5) is 5.69 Å². The van der Waals surface area contributed by atoms with Crippen LogP contribution in [-0.4, -0.2) is 29.7 Å². The Hall–Kier alpha value is -1.88. The number of carbonyl (C=O) groups excluding carboxylic acids is 2. The standard InChI is InChI=1S/C14H19NO4/c1-3-19-14(18)11-5-7-12(8-6-11)15-13(17)9-4-10(2)16/h5-8,10,16H,3-4,9H2,1-2H3,(H,15,17). The Kier molecular flexibility index (Phi) is 6.02. The summed E-state index contributed by atoms with van der Waals surface area (Å²) in [5.74, 6) is -0.542. The van der Waals surface area contributed by atoms with Crippen molar-refractivity contribution >= 4 is 17.6 Å². The van der Waals surface area contributed by atoms with Crippen molar-refractivity contribution in [1.29, 1.82) is 0 Å². The Bertz CT molecular complexity index is 426. The van der Waals surface area contributed by atoms with Crippen LogP contribution in [0, 0.1) is 0 Å². The molecule has 0 heterocycles. The molecule has 0 saturated heterocycles. The molecule has 0 aliphatic carbocycles. The zero-order valence-corrected chi connectivity index (χ0v) is 11.2. The molecule has 0 saturated carbocycles. The number of amides is 1. The first-order chi connectivity index (χ1) is 9.02. The number of aliphatic hydroxyl groups excluding tert-OH is 1. The van der Waals surface area contributed by atoms with Crippen LogP contribution < -0.4 is 5.32 Å². The van der Waals surface area contributed by atoms with Crippen LogP contribution in [-0.2, 0) is 9.53 Å². The Balaban J connectivity index is 2.52. The first-order valence-electron chi connectivity index (χ1n) is 6.28. The summed E-state index contributed by atoms with van der Waals surface area (Å²) in [6.07, 6.45) is 0.196. The van der Waals surface area contributed by atoms with Crippen molar-refractivity contribution in [3.8, 4) is 0 Å². The van der Waals surface area contributed by atoms with Gasteiger partial charge in [0.25, 0.3) is 0 Å². The van der Waals surface area contributed by atoms with Crippen LogP contribution in [0.2, 0.25) is 0 Å². The van der Waals surface area contributed by atoms with Crippen molar-refractivity contribution in [1.82, 2.24) is 0 Å². The van der Waals surface area contributed by atoms with Gasteiger partial charge in [-0.15, -0.1) is 0 Å². The van der Waals surface area contributed by atoms with Gasteiger partial charge in [0.2, 0.25) is 5.91 Å². The minimum atomic E-state index is -0.489. The van der Waals surface area contributed by atoms with Gasteiger partial charge in [0, 0.05) is 12.1 Å². The van der Waals surface area contributed by atoms with Crippen LogP contribution in [0.5, 0.6) is 0 Å². The molecule has 0 aromatic heterocycles. The van der Waals surface area contributed by atoms with Gasteiger partial charge < -0.3 is 15.2 Å². The number of nitrogens with one attached hydrogen (secondary N) is 1. The number of carbonyl (C=O) groups is 2. The average Bonchev–Trinajstić information content (AvgIpc) is 2.37. The smallest absolute Gasteiger partial charge is 0.338 e. The summed E-state index contributed by atoms with van der Waals surface area (Å²) in [5, 5.41) is 11.8. The van der Waals surface area contributed by atoms with Gasteiger partial charge in [-0.3, -0.25) is 4.79 Å². The van der Waals surface area contributed by atoms with E-state index in [9.17, 15) is 9.59 Å². The molecule has 0 spiro atoms. The van der Waals surface area contributed by atoms with Gasteiger partial charge in [0.15, 0.2) is 0 Å². The number of ether oxygens (including phenoxy) is 1. The second-order valence-corrected chi connectivity index (χ2v) is 4.23. The summed E-state index contributed by atoms with van der Waals surface area (Å²) in [7, 11) is 0. The molecule has 1 rings (SSSR count). The topological polar surface area (TPSA) is 75.6 Å². The minimum Gasteiger partial charge on any atom is -0.462 e. The summed E-state index contributed by atoms with van der Waals surface area (Å²) in [4.78, 5) is 22.9. The van der Waals surface area contributed by atoms with E-state index >= 15 is 0 Å². The van der Waals surface area contributed by atoms with Gasteiger partial charge in [-0.05, 0) is 44.5 Å². The molecule has 5 heteroatoms. The molecule has 1 aromatic rings. The lowest BCUT2D eigenvalue weighted by molar-refractivity contribution is -0.116. The number of aliphatic hydroxyl groups is 1. The van der Waals surface area contributed by atoms with Crippen LogP contribution >= 0.6 is 0 Å². The molecular formula is C14H19NO4. The van der Waals surface area contributed by atoms with E-state index in [1.165, 1.54) is 0 Å². The maximum atomic E-state index is 11.5. The third-order valence-electron chi connectivity index (χ3n) is 2.47. The normalized spacial score (nSPS) is 11.7. The molecule has 1 amide bonds. The van der Waals surface area contributed by atoms with E-state index < -0.39 is 6.10 Å². The number of benzene rings is 1.